The first-order chi connectivity index (χ1) is 9.36. The summed E-state index contributed by atoms with van der Waals surface area (Å²) in [4.78, 5) is 39.5. The first-order valence-electron chi connectivity index (χ1n) is 6.24. The molecule has 0 aliphatic carbocycles. The van der Waals surface area contributed by atoms with Crippen molar-refractivity contribution in [2.24, 2.45) is 0 Å². The Labute approximate surface area is 117 Å². The molecule has 0 bridgehead atoms. The first-order valence-corrected chi connectivity index (χ1v) is 6.24. The van der Waals surface area contributed by atoms with E-state index in [0.29, 0.717) is 5.56 Å². The van der Waals surface area contributed by atoms with E-state index < -0.39 is 17.4 Å². The van der Waals surface area contributed by atoms with Crippen molar-refractivity contribution in [3.63, 3.8) is 0 Å². The van der Waals surface area contributed by atoms with Gasteiger partial charge in [-0.25, -0.2) is 4.79 Å². The van der Waals surface area contributed by atoms with Crippen molar-refractivity contribution < 1.29 is 19.2 Å². The molecular weight excluding hydrogens is 260 g/mol. The Morgan fingerprint density at radius 2 is 1.75 bits per heavy atom. The minimum atomic E-state index is -1.21. The lowest BCUT2D eigenvalue weighted by Gasteiger charge is -2.23. The van der Waals surface area contributed by atoms with Crippen LogP contribution in [0.5, 0.6) is 0 Å². The molecule has 20 heavy (non-hydrogen) atoms. The molecule has 108 valence electrons. The number of hydroxylamine groups is 1. The molecule has 0 fully saturated rings. The number of hydrogen-bond donors (Lipinski definition) is 2. The highest BCUT2D eigenvalue weighted by Crippen LogP contribution is 2.05. The molecule has 0 unspecified atom stereocenters. The van der Waals surface area contributed by atoms with Gasteiger partial charge in [0.2, 0.25) is 5.91 Å². The van der Waals surface area contributed by atoms with Crippen LogP contribution in [0.15, 0.2) is 30.3 Å². The monoisotopic (exact) mass is 278 g/mol. The zero-order valence-electron chi connectivity index (χ0n) is 11.7. The summed E-state index contributed by atoms with van der Waals surface area (Å²) in [5, 5.41) is 2.50. The number of rotatable bonds is 4. The second-order valence-electron chi connectivity index (χ2n) is 4.71. The van der Waals surface area contributed by atoms with E-state index in [9.17, 15) is 14.4 Å². The fraction of sp³-hybridized carbons (Fsp3) is 0.357. The van der Waals surface area contributed by atoms with E-state index in [2.05, 4.69) is 10.8 Å². The Bertz CT molecular complexity index is 497. The Kier molecular flexibility index (Phi) is 5.25. The summed E-state index contributed by atoms with van der Waals surface area (Å²) in [5.41, 5.74) is 1.22. The molecule has 1 aromatic carbocycles. The zero-order chi connectivity index (χ0) is 15.2. The van der Waals surface area contributed by atoms with Gasteiger partial charge in [0, 0.05) is 12.0 Å². The summed E-state index contributed by atoms with van der Waals surface area (Å²) < 4.78 is 0. The fourth-order valence-corrected chi connectivity index (χ4v) is 1.36. The van der Waals surface area contributed by atoms with Gasteiger partial charge in [0.15, 0.2) is 0 Å². The zero-order valence-corrected chi connectivity index (χ0v) is 11.7. The van der Waals surface area contributed by atoms with Gasteiger partial charge in [0.25, 0.3) is 5.91 Å². The first kappa shape index (κ1) is 15.7. The van der Waals surface area contributed by atoms with Gasteiger partial charge in [0.05, 0.1) is 0 Å². The molecule has 0 aromatic heterocycles. The average molecular weight is 278 g/mol. The predicted octanol–water partition coefficient (Wildman–Crippen LogP) is 1.18. The lowest BCUT2D eigenvalue weighted by Crippen LogP contribution is -2.52. The molecule has 0 atom stereocenters. The third-order valence-electron chi connectivity index (χ3n) is 2.56. The lowest BCUT2D eigenvalue weighted by atomic mass is 10.1. The van der Waals surface area contributed by atoms with Gasteiger partial charge in [-0.1, -0.05) is 25.1 Å². The third-order valence-corrected chi connectivity index (χ3v) is 2.56. The molecule has 0 heterocycles. The average Bonchev–Trinajstić information content (AvgIpc) is 2.44. The maximum atomic E-state index is 11.8. The van der Waals surface area contributed by atoms with Gasteiger partial charge >= 0.3 is 5.97 Å². The summed E-state index contributed by atoms with van der Waals surface area (Å²) in [6.07, 6.45) is 0.257. The second kappa shape index (κ2) is 6.70. The molecule has 0 saturated carbocycles. The molecule has 0 radical (unpaired) electrons. The van der Waals surface area contributed by atoms with Crippen LogP contribution in [0.4, 0.5) is 0 Å². The molecule has 2 N–H and O–H groups in total. The molecule has 0 aliphatic heterocycles. The van der Waals surface area contributed by atoms with E-state index in [1.165, 1.54) is 13.8 Å². The van der Waals surface area contributed by atoms with Crippen LogP contribution in [0.3, 0.4) is 0 Å². The van der Waals surface area contributed by atoms with Gasteiger partial charge in [-0.2, -0.15) is 5.48 Å². The van der Waals surface area contributed by atoms with E-state index in [1.807, 2.05) is 0 Å². The van der Waals surface area contributed by atoms with Crippen LogP contribution < -0.4 is 10.8 Å². The number of carbonyl (C=O) groups excluding carboxylic acids is 3. The number of benzene rings is 1. The molecule has 2 amide bonds. The highest BCUT2D eigenvalue weighted by molar-refractivity contribution is 5.95. The number of nitrogens with one attached hydrogen (secondary N) is 2. The van der Waals surface area contributed by atoms with E-state index in [0.717, 1.165) is 0 Å². The molecule has 1 rings (SSSR count). The van der Waals surface area contributed by atoms with Gasteiger partial charge in [-0.3, -0.25) is 9.59 Å². The van der Waals surface area contributed by atoms with Crippen molar-refractivity contribution in [3.05, 3.63) is 35.9 Å². The van der Waals surface area contributed by atoms with Gasteiger partial charge in [0.1, 0.15) is 5.54 Å². The third kappa shape index (κ3) is 4.38. The SMILES string of the molecule is CCC(=O)NC(C)(C)C(=O)ONC(=O)c1ccccc1. The van der Waals surface area contributed by atoms with Crippen molar-refractivity contribution in [1.29, 1.82) is 0 Å². The van der Waals surface area contributed by atoms with Crippen LogP contribution >= 0.6 is 0 Å². The molecule has 0 spiro atoms. The second-order valence-corrected chi connectivity index (χ2v) is 4.71. The molecule has 1 aromatic rings. The minimum Gasteiger partial charge on any atom is -0.341 e. The van der Waals surface area contributed by atoms with Crippen LogP contribution in [0.2, 0.25) is 0 Å². The summed E-state index contributed by atoms with van der Waals surface area (Å²) in [6.45, 7) is 4.67. The highest BCUT2D eigenvalue weighted by atomic mass is 16.7. The smallest absolute Gasteiger partial charge is 0.341 e. The summed E-state index contributed by atoms with van der Waals surface area (Å²) in [7, 11) is 0. The normalized spacial score (nSPS) is 10.6. The molecule has 0 saturated heterocycles. The summed E-state index contributed by atoms with van der Waals surface area (Å²) in [5.74, 6) is -1.55. The molecule has 6 heteroatoms. The maximum absolute atomic E-state index is 11.8. The Morgan fingerprint density at radius 3 is 2.30 bits per heavy atom. The van der Waals surface area contributed by atoms with Crippen LogP contribution in [0.1, 0.15) is 37.6 Å². The van der Waals surface area contributed by atoms with Crippen molar-refractivity contribution >= 4 is 17.8 Å². The van der Waals surface area contributed by atoms with Crippen molar-refractivity contribution in [1.82, 2.24) is 10.8 Å². The minimum absolute atomic E-state index is 0.257. The number of carbonyl (C=O) groups is 3. The van der Waals surface area contributed by atoms with Crippen molar-refractivity contribution in [3.8, 4) is 0 Å². The number of hydrogen-bond acceptors (Lipinski definition) is 4. The Balaban J connectivity index is 2.55. The van der Waals surface area contributed by atoms with Crippen molar-refractivity contribution in [2.75, 3.05) is 0 Å². The highest BCUT2D eigenvalue weighted by Gasteiger charge is 2.31. The lowest BCUT2D eigenvalue weighted by molar-refractivity contribution is -0.157. The summed E-state index contributed by atoms with van der Waals surface area (Å²) in [6, 6.07) is 8.34. The van der Waals surface area contributed by atoms with Crippen LogP contribution in [-0.2, 0) is 14.4 Å². The Morgan fingerprint density at radius 1 is 1.15 bits per heavy atom. The number of amides is 2. The molecule has 0 aliphatic rings. The van der Waals surface area contributed by atoms with E-state index in [1.54, 1.807) is 37.3 Å². The standard InChI is InChI=1S/C14H18N2O4/c1-4-11(17)15-14(2,3)13(19)20-16-12(18)10-8-6-5-7-9-10/h5-9H,4H2,1-3H3,(H,15,17)(H,16,18). The molecule has 6 nitrogen and oxygen atoms in total. The van der Waals surface area contributed by atoms with Crippen LogP contribution in [0.25, 0.3) is 0 Å². The fourth-order valence-electron chi connectivity index (χ4n) is 1.36. The van der Waals surface area contributed by atoms with Gasteiger partial charge in [-0.15, -0.1) is 0 Å². The maximum Gasteiger partial charge on any atom is 0.356 e. The van der Waals surface area contributed by atoms with Gasteiger partial charge < -0.3 is 10.2 Å². The predicted molar refractivity (Wildman–Crippen MR) is 72.5 cm³/mol. The van der Waals surface area contributed by atoms with Crippen LogP contribution in [-0.4, -0.2) is 23.3 Å². The Hall–Kier alpha value is -2.37. The largest absolute Gasteiger partial charge is 0.356 e. The van der Waals surface area contributed by atoms with E-state index >= 15 is 0 Å². The topological polar surface area (TPSA) is 84.5 Å². The van der Waals surface area contributed by atoms with E-state index in [4.69, 9.17) is 4.84 Å². The molecular formula is C14H18N2O4. The summed E-state index contributed by atoms with van der Waals surface area (Å²) >= 11 is 0. The quantitative estimate of drug-likeness (QED) is 0.810. The van der Waals surface area contributed by atoms with Gasteiger partial charge in [-0.05, 0) is 26.0 Å². The van der Waals surface area contributed by atoms with E-state index in [-0.39, 0.29) is 12.3 Å². The van der Waals surface area contributed by atoms with Crippen molar-refractivity contribution in [2.45, 2.75) is 32.7 Å². The van der Waals surface area contributed by atoms with Crippen LogP contribution in [0, 0.1) is 0 Å².